The van der Waals surface area contributed by atoms with Crippen LogP contribution in [0.5, 0.6) is 0 Å². The van der Waals surface area contributed by atoms with E-state index in [9.17, 15) is 9.90 Å². The van der Waals surface area contributed by atoms with E-state index >= 15 is 0 Å². The van der Waals surface area contributed by atoms with Crippen LogP contribution in [-0.4, -0.2) is 48.8 Å². The second-order valence-corrected chi connectivity index (χ2v) is 6.87. The summed E-state index contributed by atoms with van der Waals surface area (Å²) >= 11 is 0. The van der Waals surface area contributed by atoms with Crippen molar-refractivity contribution < 1.29 is 14.3 Å². The topological polar surface area (TPSA) is 97.3 Å². The summed E-state index contributed by atoms with van der Waals surface area (Å²) in [5, 5.41) is 14.5. The van der Waals surface area contributed by atoms with E-state index in [2.05, 4.69) is 20.0 Å². The molecule has 3 aromatic heterocycles. The van der Waals surface area contributed by atoms with Gasteiger partial charge in [0.2, 0.25) is 0 Å². The van der Waals surface area contributed by atoms with Gasteiger partial charge in [-0.1, -0.05) is 0 Å². The number of likely N-dealkylation sites (tertiary alicyclic amines) is 1. The Labute approximate surface area is 156 Å². The third-order valence-electron chi connectivity index (χ3n) is 5.12. The smallest absolute Gasteiger partial charge is 0.331 e. The maximum Gasteiger partial charge on any atom is 0.331 e. The highest BCUT2D eigenvalue weighted by molar-refractivity contribution is 5.77. The van der Waals surface area contributed by atoms with E-state index < -0.39 is 11.5 Å². The molecule has 27 heavy (non-hydrogen) atoms. The molecule has 0 spiro atoms. The molecule has 3 aromatic rings. The van der Waals surface area contributed by atoms with E-state index in [1.54, 1.807) is 29.3 Å². The number of carboxylic acids is 1. The van der Waals surface area contributed by atoms with Crippen LogP contribution in [0.25, 0.3) is 11.5 Å². The number of aliphatic carboxylic acids is 1. The molecule has 1 aliphatic heterocycles. The van der Waals surface area contributed by atoms with Gasteiger partial charge in [0, 0.05) is 43.8 Å². The van der Waals surface area contributed by atoms with Crippen LogP contribution in [0.15, 0.2) is 47.5 Å². The van der Waals surface area contributed by atoms with Gasteiger partial charge in [-0.05, 0) is 38.0 Å². The van der Waals surface area contributed by atoms with Gasteiger partial charge in [-0.25, -0.2) is 14.8 Å². The van der Waals surface area contributed by atoms with Crippen molar-refractivity contribution in [2.24, 2.45) is 0 Å². The number of hydrogen-bond donors (Lipinski definition) is 1. The molecule has 0 radical (unpaired) electrons. The van der Waals surface area contributed by atoms with E-state index in [-0.39, 0.29) is 0 Å². The monoisotopic (exact) mass is 367 g/mol. The molecule has 0 amide bonds. The molecule has 1 fully saturated rings. The zero-order valence-electron chi connectivity index (χ0n) is 15.1. The van der Waals surface area contributed by atoms with Crippen LogP contribution in [-0.2, 0) is 16.9 Å². The molecule has 0 aromatic carbocycles. The van der Waals surface area contributed by atoms with Crippen LogP contribution >= 0.6 is 0 Å². The summed E-state index contributed by atoms with van der Waals surface area (Å²) in [5.41, 5.74) is 0.632. The van der Waals surface area contributed by atoms with E-state index in [0.29, 0.717) is 43.9 Å². The first kappa shape index (κ1) is 17.4. The summed E-state index contributed by atoms with van der Waals surface area (Å²) in [6, 6.07) is 5.39. The van der Waals surface area contributed by atoms with Gasteiger partial charge in [0.25, 0.3) is 0 Å². The third kappa shape index (κ3) is 3.35. The molecule has 4 heterocycles. The number of piperidine rings is 1. The third-order valence-corrected chi connectivity index (χ3v) is 5.12. The van der Waals surface area contributed by atoms with Gasteiger partial charge in [0.15, 0.2) is 11.3 Å². The highest BCUT2D eigenvalue weighted by atomic mass is 16.4. The Morgan fingerprint density at radius 3 is 2.63 bits per heavy atom. The summed E-state index contributed by atoms with van der Waals surface area (Å²) < 4.78 is 6.94. The number of hydrogen-bond acceptors (Lipinski definition) is 6. The van der Waals surface area contributed by atoms with E-state index in [1.807, 2.05) is 25.4 Å². The molecule has 0 saturated carbocycles. The standard InChI is InChI=1S/C19H21N5O3/c1-14-20-11-15(12-21-14)13-23-8-5-19(6-9-23,18(25)26)24-7-4-16(22-24)17-3-2-10-27-17/h2-4,7,10-12H,5-6,8-9,13H2,1H3,(H,25,26). The number of aromatic nitrogens is 4. The Hall–Kier alpha value is -3.00. The normalized spacial score (nSPS) is 17.1. The molecule has 1 N–H and O–H groups in total. The summed E-state index contributed by atoms with van der Waals surface area (Å²) in [6.45, 7) is 3.89. The maximum atomic E-state index is 12.2. The van der Waals surface area contributed by atoms with Crippen molar-refractivity contribution >= 4 is 5.97 Å². The van der Waals surface area contributed by atoms with Crippen LogP contribution in [0.1, 0.15) is 24.2 Å². The minimum atomic E-state index is -1.04. The molecular formula is C19H21N5O3. The predicted octanol–water partition coefficient (Wildman–Crippen LogP) is 2.32. The predicted molar refractivity (Wildman–Crippen MR) is 96.8 cm³/mol. The summed E-state index contributed by atoms with van der Waals surface area (Å²) in [6.07, 6.45) is 7.92. The Morgan fingerprint density at radius 2 is 2.00 bits per heavy atom. The van der Waals surface area contributed by atoms with Gasteiger partial charge in [-0.2, -0.15) is 5.10 Å². The fraction of sp³-hybridized carbons (Fsp3) is 0.368. The van der Waals surface area contributed by atoms with Crippen molar-refractivity contribution in [2.45, 2.75) is 31.8 Å². The average molecular weight is 367 g/mol. The first-order chi connectivity index (χ1) is 13.1. The zero-order valence-corrected chi connectivity index (χ0v) is 15.1. The molecule has 0 atom stereocenters. The summed E-state index contributed by atoms with van der Waals surface area (Å²) in [7, 11) is 0. The summed E-state index contributed by atoms with van der Waals surface area (Å²) in [4.78, 5) is 22.8. The van der Waals surface area contributed by atoms with Crippen molar-refractivity contribution in [1.82, 2.24) is 24.6 Å². The van der Waals surface area contributed by atoms with Gasteiger partial charge >= 0.3 is 5.97 Å². The Balaban J connectivity index is 1.49. The van der Waals surface area contributed by atoms with Crippen molar-refractivity contribution in [1.29, 1.82) is 0 Å². The minimum Gasteiger partial charge on any atom is -0.479 e. The SMILES string of the molecule is Cc1ncc(CN2CCC(C(=O)O)(n3ccc(-c4ccco4)n3)CC2)cn1. The van der Waals surface area contributed by atoms with Crippen molar-refractivity contribution in [2.75, 3.05) is 13.1 Å². The fourth-order valence-electron chi connectivity index (χ4n) is 3.50. The van der Waals surface area contributed by atoms with Gasteiger partial charge in [-0.3, -0.25) is 9.58 Å². The number of aryl methyl sites for hydroxylation is 1. The first-order valence-corrected chi connectivity index (χ1v) is 8.90. The van der Waals surface area contributed by atoms with Crippen LogP contribution in [0, 0.1) is 6.92 Å². The number of carbonyl (C=O) groups is 1. The zero-order chi connectivity index (χ0) is 18.9. The second kappa shape index (κ2) is 6.96. The quantitative estimate of drug-likeness (QED) is 0.739. The molecular weight excluding hydrogens is 346 g/mol. The molecule has 8 nitrogen and oxygen atoms in total. The molecule has 1 saturated heterocycles. The lowest BCUT2D eigenvalue weighted by atomic mass is 9.87. The highest BCUT2D eigenvalue weighted by Gasteiger charge is 2.44. The van der Waals surface area contributed by atoms with Crippen LogP contribution in [0.3, 0.4) is 0 Å². The van der Waals surface area contributed by atoms with Gasteiger partial charge in [0.05, 0.1) is 6.26 Å². The van der Waals surface area contributed by atoms with Crippen molar-refractivity contribution in [3.05, 3.63) is 54.4 Å². The molecule has 0 aliphatic carbocycles. The number of furan rings is 1. The minimum absolute atomic E-state index is 0.480. The van der Waals surface area contributed by atoms with Crippen LogP contribution in [0.4, 0.5) is 0 Å². The highest BCUT2D eigenvalue weighted by Crippen LogP contribution is 2.32. The van der Waals surface area contributed by atoms with Crippen LogP contribution in [0.2, 0.25) is 0 Å². The molecule has 8 heteroatoms. The van der Waals surface area contributed by atoms with Crippen molar-refractivity contribution in [3.63, 3.8) is 0 Å². The number of nitrogens with zero attached hydrogens (tertiary/aromatic N) is 5. The van der Waals surface area contributed by atoms with Gasteiger partial charge in [-0.15, -0.1) is 0 Å². The summed E-state index contributed by atoms with van der Waals surface area (Å²) in [5.74, 6) is 0.523. The van der Waals surface area contributed by atoms with Crippen molar-refractivity contribution in [3.8, 4) is 11.5 Å². The van der Waals surface area contributed by atoms with Crippen LogP contribution < -0.4 is 0 Å². The lowest BCUT2D eigenvalue weighted by Gasteiger charge is -2.38. The Bertz CT molecular complexity index is 909. The Kier molecular flexibility index (Phi) is 4.49. The molecule has 1 aliphatic rings. The first-order valence-electron chi connectivity index (χ1n) is 8.90. The van der Waals surface area contributed by atoms with E-state index in [0.717, 1.165) is 11.4 Å². The molecule has 0 bridgehead atoms. The second-order valence-electron chi connectivity index (χ2n) is 6.87. The van der Waals surface area contributed by atoms with E-state index in [1.165, 1.54) is 0 Å². The average Bonchev–Trinajstić information content (AvgIpc) is 3.36. The largest absolute Gasteiger partial charge is 0.479 e. The molecule has 0 unspecified atom stereocenters. The molecule has 4 rings (SSSR count). The fourth-order valence-corrected chi connectivity index (χ4v) is 3.50. The number of rotatable bonds is 5. The molecule has 140 valence electrons. The maximum absolute atomic E-state index is 12.2. The van der Waals surface area contributed by atoms with Gasteiger partial charge < -0.3 is 9.52 Å². The lowest BCUT2D eigenvalue weighted by Crippen LogP contribution is -2.51. The lowest BCUT2D eigenvalue weighted by molar-refractivity contribution is -0.151. The Morgan fingerprint density at radius 1 is 1.26 bits per heavy atom. The number of carboxylic acid groups (broad SMARTS) is 1. The van der Waals surface area contributed by atoms with Gasteiger partial charge in [0.1, 0.15) is 11.5 Å². The van der Waals surface area contributed by atoms with E-state index in [4.69, 9.17) is 4.42 Å².